The summed E-state index contributed by atoms with van der Waals surface area (Å²) in [7, 11) is 0. The highest BCUT2D eigenvalue weighted by Gasteiger charge is 2.47. The lowest BCUT2D eigenvalue weighted by Gasteiger charge is -2.27. The molecule has 2 N–H and O–H groups in total. The quantitative estimate of drug-likeness (QED) is 0.834. The van der Waals surface area contributed by atoms with Gasteiger partial charge in [0.05, 0.1) is 12.5 Å². The van der Waals surface area contributed by atoms with Gasteiger partial charge in [0.25, 0.3) is 0 Å². The van der Waals surface area contributed by atoms with Crippen LogP contribution < -0.4 is 5.32 Å². The molecule has 1 aliphatic carbocycles. The van der Waals surface area contributed by atoms with Crippen molar-refractivity contribution in [2.45, 2.75) is 31.7 Å². The standard InChI is InChI=1S/C14H16N2O2/c1-14(13(17)18,11-4-5-11)16-12-6-2-10(3-7-12)8-9-15/h2-3,6-7,11,16H,4-5,8H2,1H3,(H,17,18). The molecule has 0 bridgehead atoms. The fourth-order valence-corrected chi connectivity index (χ4v) is 2.09. The molecule has 1 aliphatic rings. The van der Waals surface area contributed by atoms with Crippen molar-refractivity contribution in [2.24, 2.45) is 5.92 Å². The van der Waals surface area contributed by atoms with Crippen LogP contribution >= 0.6 is 0 Å². The third kappa shape index (κ3) is 2.45. The molecule has 0 aliphatic heterocycles. The molecule has 0 saturated heterocycles. The van der Waals surface area contributed by atoms with Crippen LogP contribution in [0.1, 0.15) is 25.3 Å². The van der Waals surface area contributed by atoms with Crippen molar-refractivity contribution in [3.8, 4) is 6.07 Å². The monoisotopic (exact) mass is 244 g/mol. The second kappa shape index (κ2) is 4.69. The largest absolute Gasteiger partial charge is 0.480 e. The number of rotatable bonds is 5. The zero-order valence-corrected chi connectivity index (χ0v) is 10.3. The van der Waals surface area contributed by atoms with E-state index < -0.39 is 11.5 Å². The first kappa shape index (κ1) is 12.4. The first-order valence-electron chi connectivity index (χ1n) is 6.03. The Morgan fingerprint density at radius 3 is 2.56 bits per heavy atom. The summed E-state index contributed by atoms with van der Waals surface area (Å²) in [5.41, 5.74) is 0.830. The summed E-state index contributed by atoms with van der Waals surface area (Å²) in [5.74, 6) is -0.611. The molecule has 0 amide bonds. The molecule has 4 heteroatoms. The van der Waals surface area contributed by atoms with Gasteiger partial charge in [0.1, 0.15) is 5.54 Å². The molecule has 4 nitrogen and oxygen atoms in total. The molecule has 2 rings (SSSR count). The lowest BCUT2D eigenvalue weighted by Crippen LogP contribution is -2.45. The molecule has 1 unspecified atom stereocenters. The van der Waals surface area contributed by atoms with Gasteiger partial charge in [0.15, 0.2) is 0 Å². The molecular formula is C14H16N2O2. The van der Waals surface area contributed by atoms with Crippen LogP contribution in [0.3, 0.4) is 0 Å². The number of hydrogen-bond donors (Lipinski definition) is 2. The molecule has 1 aromatic carbocycles. The van der Waals surface area contributed by atoms with Crippen LogP contribution in [0.25, 0.3) is 0 Å². The van der Waals surface area contributed by atoms with Crippen molar-refractivity contribution in [1.29, 1.82) is 5.26 Å². The average molecular weight is 244 g/mol. The lowest BCUT2D eigenvalue weighted by molar-refractivity contribution is -0.142. The Bertz CT molecular complexity index is 486. The van der Waals surface area contributed by atoms with E-state index in [1.165, 1.54) is 0 Å². The normalized spacial score (nSPS) is 17.6. The van der Waals surface area contributed by atoms with Gasteiger partial charge in [-0.1, -0.05) is 12.1 Å². The SMILES string of the molecule is CC(Nc1ccc(CC#N)cc1)(C(=O)O)C1CC1. The maximum Gasteiger partial charge on any atom is 0.329 e. The minimum Gasteiger partial charge on any atom is -0.480 e. The Kier molecular flexibility index (Phi) is 3.24. The first-order valence-corrected chi connectivity index (χ1v) is 6.03. The number of nitrogens with one attached hydrogen (secondary N) is 1. The second-order valence-corrected chi connectivity index (χ2v) is 4.94. The van der Waals surface area contributed by atoms with Gasteiger partial charge in [0, 0.05) is 5.69 Å². The van der Waals surface area contributed by atoms with Crippen molar-refractivity contribution in [3.05, 3.63) is 29.8 Å². The fourth-order valence-electron chi connectivity index (χ4n) is 2.09. The molecule has 0 spiro atoms. The molecule has 1 atom stereocenters. The number of carboxylic acids is 1. The molecule has 94 valence electrons. The summed E-state index contributed by atoms with van der Waals surface area (Å²) in [6.45, 7) is 1.73. The van der Waals surface area contributed by atoms with Gasteiger partial charge in [-0.15, -0.1) is 0 Å². The average Bonchev–Trinajstić information content (AvgIpc) is 3.16. The van der Waals surface area contributed by atoms with Gasteiger partial charge in [-0.05, 0) is 43.4 Å². The Morgan fingerprint density at radius 2 is 2.11 bits per heavy atom. The summed E-state index contributed by atoms with van der Waals surface area (Å²) in [6, 6.07) is 9.44. The van der Waals surface area contributed by atoms with E-state index in [0.717, 1.165) is 24.1 Å². The number of carboxylic acid groups (broad SMARTS) is 1. The maximum absolute atomic E-state index is 11.4. The van der Waals surface area contributed by atoms with E-state index in [-0.39, 0.29) is 5.92 Å². The minimum absolute atomic E-state index is 0.203. The van der Waals surface area contributed by atoms with Crippen molar-refractivity contribution in [1.82, 2.24) is 0 Å². The topological polar surface area (TPSA) is 73.1 Å². The Labute approximate surface area is 106 Å². The zero-order chi connectivity index (χ0) is 13.2. The molecule has 1 aromatic rings. The van der Waals surface area contributed by atoms with E-state index in [2.05, 4.69) is 11.4 Å². The summed E-state index contributed by atoms with van der Waals surface area (Å²) in [4.78, 5) is 11.4. The summed E-state index contributed by atoms with van der Waals surface area (Å²) < 4.78 is 0. The number of aliphatic carboxylic acids is 1. The number of benzene rings is 1. The second-order valence-electron chi connectivity index (χ2n) is 4.94. The number of hydrogen-bond acceptors (Lipinski definition) is 3. The van der Waals surface area contributed by atoms with E-state index in [1.807, 2.05) is 24.3 Å². The molecule has 1 saturated carbocycles. The van der Waals surface area contributed by atoms with Crippen molar-refractivity contribution < 1.29 is 9.90 Å². The highest BCUT2D eigenvalue weighted by Crippen LogP contribution is 2.41. The van der Waals surface area contributed by atoms with Gasteiger partial charge in [-0.3, -0.25) is 0 Å². The van der Waals surface area contributed by atoms with E-state index in [9.17, 15) is 9.90 Å². The van der Waals surface area contributed by atoms with Crippen molar-refractivity contribution in [3.63, 3.8) is 0 Å². The van der Waals surface area contributed by atoms with E-state index in [1.54, 1.807) is 6.92 Å². The van der Waals surface area contributed by atoms with Crippen LogP contribution in [-0.4, -0.2) is 16.6 Å². The smallest absolute Gasteiger partial charge is 0.329 e. The summed E-state index contributed by atoms with van der Waals surface area (Å²) >= 11 is 0. The van der Waals surface area contributed by atoms with Crippen molar-refractivity contribution in [2.75, 3.05) is 5.32 Å². The molecule has 1 fully saturated rings. The molecule has 0 heterocycles. The van der Waals surface area contributed by atoms with Gasteiger partial charge in [0.2, 0.25) is 0 Å². The van der Waals surface area contributed by atoms with Crippen molar-refractivity contribution >= 4 is 11.7 Å². The molecule has 0 aromatic heterocycles. The zero-order valence-electron chi connectivity index (χ0n) is 10.3. The highest BCUT2D eigenvalue weighted by atomic mass is 16.4. The van der Waals surface area contributed by atoms with Gasteiger partial charge in [-0.2, -0.15) is 5.26 Å². The van der Waals surface area contributed by atoms with E-state index in [0.29, 0.717) is 6.42 Å². The Hall–Kier alpha value is -2.02. The number of carbonyl (C=O) groups is 1. The van der Waals surface area contributed by atoms with Crippen LogP contribution in [0.5, 0.6) is 0 Å². The van der Waals surface area contributed by atoms with Crippen LogP contribution in [0.2, 0.25) is 0 Å². The Balaban J connectivity index is 2.12. The van der Waals surface area contributed by atoms with Gasteiger partial charge >= 0.3 is 5.97 Å². The van der Waals surface area contributed by atoms with Gasteiger partial charge in [-0.25, -0.2) is 4.79 Å². The number of nitriles is 1. The summed E-state index contributed by atoms with van der Waals surface area (Å²) in [6.07, 6.45) is 2.30. The first-order chi connectivity index (χ1) is 8.56. The Morgan fingerprint density at radius 1 is 1.50 bits per heavy atom. The van der Waals surface area contributed by atoms with E-state index in [4.69, 9.17) is 5.26 Å². The van der Waals surface area contributed by atoms with Crippen LogP contribution in [0, 0.1) is 17.2 Å². The minimum atomic E-state index is -0.892. The molecule has 18 heavy (non-hydrogen) atoms. The van der Waals surface area contributed by atoms with Crippen LogP contribution in [0.15, 0.2) is 24.3 Å². The predicted molar refractivity (Wildman–Crippen MR) is 68.1 cm³/mol. The molecular weight excluding hydrogens is 228 g/mol. The van der Waals surface area contributed by atoms with Crippen LogP contribution in [-0.2, 0) is 11.2 Å². The fraction of sp³-hybridized carbons (Fsp3) is 0.429. The van der Waals surface area contributed by atoms with Gasteiger partial charge < -0.3 is 10.4 Å². The number of anilines is 1. The molecule has 0 radical (unpaired) electrons. The van der Waals surface area contributed by atoms with Crippen LogP contribution in [0.4, 0.5) is 5.69 Å². The van der Waals surface area contributed by atoms with E-state index >= 15 is 0 Å². The predicted octanol–water partition coefficient (Wildman–Crippen LogP) is 2.42. The summed E-state index contributed by atoms with van der Waals surface area (Å²) in [5, 5.41) is 21.0. The third-order valence-electron chi connectivity index (χ3n) is 3.48. The number of nitrogens with zero attached hydrogens (tertiary/aromatic N) is 1. The maximum atomic E-state index is 11.4. The highest BCUT2D eigenvalue weighted by molar-refractivity contribution is 5.83. The third-order valence-corrected chi connectivity index (χ3v) is 3.48. The lowest BCUT2D eigenvalue weighted by atomic mass is 9.95.